The van der Waals surface area contributed by atoms with Crippen molar-refractivity contribution in [1.82, 2.24) is 15.1 Å². The standard InChI is InChI=1S/C16H27N3O2/c1-16(2,3)17-15(21)19-7-6-12-8-13(19)14(20)18(10-12)9-11-4-5-11/h11-13H,4-10H2,1-3H3,(H,17,21)/t12-,13+/m0/s1. The topological polar surface area (TPSA) is 52.7 Å². The highest BCUT2D eigenvalue weighted by molar-refractivity contribution is 5.88. The molecule has 2 atom stereocenters. The third kappa shape index (κ3) is 3.33. The van der Waals surface area contributed by atoms with Crippen LogP contribution >= 0.6 is 0 Å². The molecule has 5 nitrogen and oxygen atoms in total. The molecule has 3 rings (SSSR count). The lowest BCUT2D eigenvalue weighted by atomic mass is 9.86. The second-order valence-electron chi connectivity index (χ2n) is 7.97. The first-order valence-electron chi connectivity index (χ1n) is 8.21. The summed E-state index contributed by atoms with van der Waals surface area (Å²) in [5, 5.41) is 3.00. The lowest BCUT2D eigenvalue weighted by Gasteiger charge is -2.46. The van der Waals surface area contributed by atoms with E-state index in [2.05, 4.69) is 5.32 Å². The summed E-state index contributed by atoms with van der Waals surface area (Å²) in [6.07, 6.45) is 4.38. The monoisotopic (exact) mass is 293 g/mol. The first kappa shape index (κ1) is 14.7. The zero-order chi connectivity index (χ0) is 15.2. The molecule has 2 saturated heterocycles. The molecule has 0 aromatic heterocycles. The Morgan fingerprint density at radius 1 is 1.29 bits per heavy atom. The van der Waals surface area contributed by atoms with Gasteiger partial charge in [-0.1, -0.05) is 0 Å². The second-order valence-corrected chi connectivity index (χ2v) is 7.97. The predicted molar refractivity (Wildman–Crippen MR) is 80.8 cm³/mol. The number of carbonyl (C=O) groups is 2. The number of urea groups is 1. The highest BCUT2D eigenvalue weighted by atomic mass is 16.2. The van der Waals surface area contributed by atoms with E-state index >= 15 is 0 Å². The molecule has 1 aliphatic carbocycles. The summed E-state index contributed by atoms with van der Waals surface area (Å²) < 4.78 is 0. The fourth-order valence-corrected chi connectivity index (χ4v) is 3.46. The third-order valence-corrected chi connectivity index (χ3v) is 4.70. The minimum Gasteiger partial charge on any atom is -0.340 e. The van der Waals surface area contributed by atoms with Crippen LogP contribution in [0.15, 0.2) is 0 Å². The molecule has 0 aromatic carbocycles. The molecule has 5 heteroatoms. The number of likely N-dealkylation sites (tertiary alicyclic amines) is 2. The van der Waals surface area contributed by atoms with Gasteiger partial charge in [0, 0.05) is 25.2 Å². The van der Waals surface area contributed by atoms with E-state index in [-0.39, 0.29) is 23.5 Å². The van der Waals surface area contributed by atoms with Crippen LogP contribution in [0.2, 0.25) is 0 Å². The van der Waals surface area contributed by atoms with Crippen molar-refractivity contribution in [2.45, 2.75) is 58.0 Å². The number of fused-ring (bicyclic) bond motifs is 2. The molecule has 1 saturated carbocycles. The number of hydrogen-bond donors (Lipinski definition) is 1. The van der Waals surface area contributed by atoms with Crippen molar-refractivity contribution in [3.8, 4) is 0 Å². The average Bonchev–Trinajstić information content (AvgIpc) is 3.17. The summed E-state index contributed by atoms with van der Waals surface area (Å²) in [6, 6.07) is -0.328. The van der Waals surface area contributed by atoms with Gasteiger partial charge in [-0.3, -0.25) is 4.79 Å². The second kappa shape index (κ2) is 5.18. The van der Waals surface area contributed by atoms with Gasteiger partial charge in [-0.2, -0.15) is 0 Å². The number of carbonyl (C=O) groups excluding carboxylic acids is 2. The smallest absolute Gasteiger partial charge is 0.318 e. The molecule has 2 aliphatic heterocycles. The normalized spacial score (nSPS) is 29.6. The van der Waals surface area contributed by atoms with Crippen molar-refractivity contribution >= 4 is 11.9 Å². The number of nitrogens with zero attached hydrogens (tertiary/aromatic N) is 2. The third-order valence-electron chi connectivity index (χ3n) is 4.70. The Hall–Kier alpha value is -1.26. The molecule has 3 aliphatic rings. The fraction of sp³-hybridized carbons (Fsp3) is 0.875. The average molecular weight is 293 g/mol. The summed E-state index contributed by atoms with van der Waals surface area (Å²) in [5.41, 5.74) is -0.265. The zero-order valence-electron chi connectivity index (χ0n) is 13.4. The minimum atomic E-state index is -0.265. The maximum absolute atomic E-state index is 12.7. The van der Waals surface area contributed by atoms with Gasteiger partial charge in [-0.05, 0) is 58.3 Å². The van der Waals surface area contributed by atoms with E-state index in [4.69, 9.17) is 0 Å². The SMILES string of the molecule is CC(C)(C)NC(=O)N1CC[C@H]2C[C@@H]1C(=O)N(CC1CC1)C2. The molecule has 0 spiro atoms. The van der Waals surface area contributed by atoms with Gasteiger partial charge < -0.3 is 15.1 Å². The van der Waals surface area contributed by atoms with Crippen molar-refractivity contribution in [3.63, 3.8) is 0 Å². The van der Waals surface area contributed by atoms with Crippen molar-refractivity contribution in [2.75, 3.05) is 19.6 Å². The summed E-state index contributed by atoms with van der Waals surface area (Å²) in [6.45, 7) is 8.43. The number of piperidine rings is 2. The van der Waals surface area contributed by atoms with Crippen LogP contribution in [0.25, 0.3) is 0 Å². The molecule has 3 fully saturated rings. The Bertz CT molecular complexity index is 439. The Morgan fingerprint density at radius 3 is 2.62 bits per heavy atom. The molecule has 2 bridgehead atoms. The fourth-order valence-electron chi connectivity index (χ4n) is 3.46. The molecule has 2 heterocycles. The zero-order valence-corrected chi connectivity index (χ0v) is 13.4. The van der Waals surface area contributed by atoms with Gasteiger partial charge >= 0.3 is 6.03 Å². The molecular formula is C16H27N3O2. The van der Waals surface area contributed by atoms with E-state index in [1.54, 1.807) is 4.90 Å². The molecular weight excluding hydrogens is 266 g/mol. The van der Waals surface area contributed by atoms with Crippen LogP contribution < -0.4 is 5.32 Å². The number of rotatable bonds is 2. The summed E-state index contributed by atoms with van der Waals surface area (Å²) in [7, 11) is 0. The van der Waals surface area contributed by atoms with Crippen LogP contribution in [0.4, 0.5) is 4.79 Å². The molecule has 0 unspecified atom stereocenters. The quantitative estimate of drug-likeness (QED) is 0.844. The van der Waals surface area contributed by atoms with Gasteiger partial charge in [-0.25, -0.2) is 4.79 Å². The molecule has 3 amide bonds. The highest BCUT2D eigenvalue weighted by Gasteiger charge is 2.44. The first-order chi connectivity index (χ1) is 9.83. The van der Waals surface area contributed by atoms with E-state index in [1.165, 1.54) is 12.8 Å². The summed E-state index contributed by atoms with van der Waals surface area (Å²) in [4.78, 5) is 28.9. The van der Waals surface area contributed by atoms with Crippen molar-refractivity contribution in [3.05, 3.63) is 0 Å². The number of nitrogens with one attached hydrogen (secondary N) is 1. The lowest BCUT2D eigenvalue weighted by Crippen LogP contribution is -2.63. The van der Waals surface area contributed by atoms with E-state index in [0.717, 1.165) is 25.9 Å². The van der Waals surface area contributed by atoms with E-state index < -0.39 is 0 Å². The Balaban J connectivity index is 1.69. The van der Waals surface area contributed by atoms with Crippen molar-refractivity contribution in [1.29, 1.82) is 0 Å². The van der Waals surface area contributed by atoms with E-state index in [1.807, 2.05) is 25.7 Å². The van der Waals surface area contributed by atoms with Gasteiger partial charge in [0.05, 0.1) is 0 Å². The molecule has 21 heavy (non-hydrogen) atoms. The predicted octanol–water partition coefficient (Wildman–Crippen LogP) is 1.83. The van der Waals surface area contributed by atoms with Gasteiger partial charge in [-0.15, -0.1) is 0 Å². The van der Waals surface area contributed by atoms with E-state index in [9.17, 15) is 9.59 Å². The lowest BCUT2D eigenvalue weighted by molar-refractivity contribution is -0.143. The van der Waals surface area contributed by atoms with Gasteiger partial charge in [0.15, 0.2) is 0 Å². The first-order valence-corrected chi connectivity index (χ1v) is 8.21. The van der Waals surface area contributed by atoms with Crippen molar-refractivity contribution in [2.24, 2.45) is 11.8 Å². The van der Waals surface area contributed by atoms with Crippen LogP contribution in [-0.4, -0.2) is 53.0 Å². The van der Waals surface area contributed by atoms with Crippen LogP contribution in [0, 0.1) is 11.8 Å². The summed E-state index contributed by atoms with van der Waals surface area (Å²) in [5.74, 6) is 1.46. The molecule has 1 N–H and O–H groups in total. The van der Waals surface area contributed by atoms with Crippen LogP contribution in [0.1, 0.15) is 46.5 Å². The van der Waals surface area contributed by atoms with E-state index in [0.29, 0.717) is 18.4 Å². The molecule has 0 radical (unpaired) electrons. The van der Waals surface area contributed by atoms with Gasteiger partial charge in [0.2, 0.25) is 5.91 Å². The maximum atomic E-state index is 12.7. The maximum Gasteiger partial charge on any atom is 0.318 e. The Morgan fingerprint density at radius 2 is 2.00 bits per heavy atom. The van der Waals surface area contributed by atoms with Crippen LogP contribution in [-0.2, 0) is 4.79 Å². The van der Waals surface area contributed by atoms with Crippen LogP contribution in [0.5, 0.6) is 0 Å². The summed E-state index contributed by atoms with van der Waals surface area (Å²) >= 11 is 0. The van der Waals surface area contributed by atoms with Crippen LogP contribution in [0.3, 0.4) is 0 Å². The molecule has 0 aromatic rings. The Labute approximate surface area is 127 Å². The highest BCUT2D eigenvalue weighted by Crippen LogP contribution is 2.35. The number of hydrogen-bond acceptors (Lipinski definition) is 2. The van der Waals surface area contributed by atoms with Gasteiger partial charge in [0.25, 0.3) is 0 Å². The number of amides is 3. The van der Waals surface area contributed by atoms with Gasteiger partial charge in [0.1, 0.15) is 6.04 Å². The molecule has 118 valence electrons. The van der Waals surface area contributed by atoms with Crippen molar-refractivity contribution < 1.29 is 9.59 Å². The minimum absolute atomic E-state index is 0.0902. The largest absolute Gasteiger partial charge is 0.340 e. The Kier molecular flexibility index (Phi) is 3.62.